The molecule has 0 bridgehead atoms. The summed E-state index contributed by atoms with van der Waals surface area (Å²) in [6, 6.07) is 10.6. The number of nitrogens with zero attached hydrogens (tertiary/aromatic N) is 1. The molecule has 1 N–H and O–H groups in total. The van der Waals surface area contributed by atoms with Crippen molar-refractivity contribution in [3.63, 3.8) is 0 Å². The maximum absolute atomic E-state index is 6.02. The van der Waals surface area contributed by atoms with Crippen LogP contribution >= 0.6 is 23.2 Å². The summed E-state index contributed by atoms with van der Waals surface area (Å²) in [4.78, 5) is 4.22. The minimum Gasteiger partial charge on any atom is -0.437 e. The second kappa shape index (κ2) is 5.25. The molecule has 17 heavy (non-hydrogen) atoms. The molecule has 0 spiro atoms. The summed E-state index contributed by atoms with van der Waals surface area (Å²) in [5.74, 6) is 1.67. The number of halogens is 2. The maximum Gasteiger partial charge on any atom is 0.221 e. The second-order valence-electron chi connectivity index (χ2n) is 3.27. The summed E-state index contributed by atoms with van der Waals surface area (Å²) >= 11 is 11.9. The van der Waals surface area contributed by atoms with Crippen LogP contribution in [-0.2, 0) is 0 Å². The minimum absolute atomic E-state index is 0.380. The van der Waals surface area contributed by atoms with Crippen LogP contribution in [0.5, 0.6) is 11.6 Å². The Labute approximate surface area is 109 Å². The van der Waals surface area contributed by atoms with Gasteiger partial charge in [0.05, 0.1) is 5.02 Å². The topological polar surface area (TPSA) is 34.1 Å². The van der Waals surface area contributed by atoms with Crippen molar-refractivity contribution in [2.75, 3.05) is 12.4 Å². The van der Waals surface area contributed by atoms with E-state index in [4.69, 9.17) is 27.9 Å². The molecule has 1 aromatic heterocycles. The largest absolute Gasteiger partial charge is 0.437 e. The van der Waals surface area contributed by atoms with E-state index >= 15 is 0 Å². The van der Waals surface area contributed by atoms with E-state index < -0.39 is 0 Å². The zero-order valence-electron chi connectivity index (χ0n) is 9.08. The fourth-order valence-corrected chi connectivity index (χ4v) is 1.62. The fourth-order valence-electron chi connectivity index (χ4n) is 1.29. The van der Waals surface area contributed by atoms with Crippen LogP contribution in [0.25, 0.3) is 0 Å². The second-order valence-corrected chi connectivity index (χ2v) is 4.05. The van der Waals surface area contributed by atoms with E-state index in [1.54, 1.807) is 31.3 Å². The van der Waals surface area contributed by atoms with Gasteiger partial charge in [0.25, 0.3) is 0 Å². The molecule has 0 fully saturated rings. The standard InChI is InChI=1S/C12H10Cl2N2O/c1-15-10-6-3-7-11(16-10)17-9-5-2-4-8(13)12(9)14/h2-7H,1H3,(H,15,16). The van der Waals surface area contributed by atoms with Crippen LogP contribution in [0.1, 0.15) is 0 Å². The van der Waals surface area contributed by atoms with E-state index in [0.717, 1.165) is 5.82 Å². The highest BCUT2D eigenvalue weighted by Crippen LogP contribution is 2.34. The highest BCUT2D eigenvalue weighted by Gasteiger charge is 2.07. The smallest absolute Gasteiger partial charge is 0.221 e. The third-order valence-electron chi connectivity index (χ3n) is 2.11. The number of anilines is 1. The fraction of sp³-hybridized carbons (Fsp3) is 0.0833. The number of aromatic nitrogens is 1. The molecule has 0 amide bonds. The van der Waals surface area contributed by atoms with Gasteiger partial charge in [0.15, 0.2) is 0 Å². The van der Waals surface area contributed by atoms with Gasteiger partial charge in [-0.15, -0.1) is 0 Å². The Bertz CT molecular complexity index is 532. The number of hydrogen-bond acceptors (Lipinski definition) is 3. The van der Waals surface area contributed by atoms with E-state index in [2.05, 4.69) is 10.3 Å². The number of benzene rings is 1. The van der Waals surface area contributed by atoms with Crippen LogP contribution in [0.15, 0.2) is 36.4 Å². The molecule has 1 heterocycles. The van der Waals surface area contributed by atoms with Crippen LogP contribution in [-0.4, -0.2) is 12.0 Å². The van der Waals surface area contributed by atoms with Crippen LogP contribution in [0.2, 0.25) is 10.0 Å². The number of nitrogens with one attached hydrogen (secondary N) is 1. The van der Waals surface area contributed by atoms with Crippen molar-refractivity contribution in [3.8, 4) is 11.6 Å². The molecule has 88 valence electrons. The number of pyridine rings is 1. The van der Waals surface area contributed by atoms with E-state index in [0.29, 0.717) is 21.7 Å². The highest BCUT2D eigenvalue weighted by atomic mass is 35.5. The lowest BCUT2D eigenvalue weighted by molar-refractivity contribution is 0.464. The van der Waals surface area contributed by atoms with Gasteiger partial charge in [-0.25, -0.2) is 0 Å². The first-order valence-electron chi connectivity index (χ1n) is 4.97. The third-order valence-corrected chi connectivity index (χ3v) is 2.91. The van der Waals surface area contributed by atoms with Crippen molar-refractivity contribution in [3.05, 3.63) is 46.4 Å². The summed E-state index contributed by atoms with van der Waals surface area (Å²) in [5.41, 5.74) is 0. The SMILES string of the molecule is CNc1cccc(Oc2cccc(Cl)c2Cl)n1. The average molecular weight is 269 g/mol. The lowest BCUT2D eigenvalue weighted by Gasteiger charge is -2.08. The van der Waals surface area contributed by atoms with Crippen molar-refractivity contribution in [2.24, 2.45) is 0 Å². The summed E-state index contributed by atoms with van der Waals surface area (Å²) in [6.45, 7) is 0. The lowest BCUT2D eigenvalue weighted by atomic mass is 10.3. The van der Waals surface area contributed by atoms with Gasteiger partial charge in [0, 0.05) is 13.1 Å². The molecule has 0 aliphatic carbocycles. The predicted octanol–water partition coefficient (Wildman–Crippen LogP) is 4.22. The zero-order chi connectivity index (χ0) is 12.3. The van der Waals surface area contributed by atoms with Crippen molar-refractivity contribution in [2.45, 2.75) is 0 Å². The average Bonchev–Trinajstić information content (AvgIpc) is 2.35. The van der Waals surface area contributed by atoms with E-state index in [9.17, 15) is 0 Å². The van der Waals surface area contributed by atoms with Crippen LogP contribution in [0.3, 0.4) is 0 Å². The third kappa shape index (κ3) is 2.81. The number of ether oxygens (including phenoxy) is 1. The normalized spacial score (nSPS) is 10.1. The Kier molecular flexibility index (Phi) is 3.71. The summed E-state index contributed by atoms with van der Waals surface area (Å²) < 4.78 is 5.56. The van der Waals surface area contributed by atoms with E-state index in [1.807, 2.05) is 12.1 Å². The molecule has 0 saturated carbocycles. The summed E-state index contributed by atoms with van der Waals surface area (Å²) in [5, 5.41) is 3.76. The Hall–Kier alpha value is -1.45. The first-order chi connectivity index (χ1) is 8.20. The van der Waals surface area contributed by atoms with Crippen molar-refractivity contribution >= 4 is 29.0 Å². The molecule has 0 atom stereocenters. The van der Waals surface area contributed by atoms with Gasteiger partial charge in [0.2, 0.25) is 5.88 Å². The van der Waals surface area contributed by atoms with Gasteiger partial charge in [-0.3, -0.25) is 0 Å². The highest BCUT2D eigenvalue weighted by molar-refractivity contribution is 6.42. The molecule has 0 aliphatic rings. The Balaban J connectivity index is 2.28. The number of rotatable bonds is 3. The van der Waals surface area contributed by atoms with Crippen molar-refractivity contribution in [1.82, 2.24) is 4.98 Å². The lowest BCUT2D eigenvalue weighted by Crippen LogP contribution is -1.94. The molecule has 3 nitrogen and oxygen atoms in total. The van der Waals surface area contributed by atoms with Gasteiger partial charge >= 0.3 is 0 Å². The predicted molar refractivity (Wildman–Crippen MR) is 70.3 cm³/mol. The molecule has 0 aliphatic heterocycles. The maximum atomic E-state index is 6.02. The number of hydrogen-bond donors (Lipinski definition) is 1. The molecule has 0 saturated heterocycles. The first-order valence-corrected chi connectivity index (χ1v) is 5.73. The van der Waals surface area contributed by atoms with Gasteiger partial charge < -0.3 is 10.1 Å². The molecule has 0 unspecified atom stereocenters. The molecular formula is C12H10Cl2N2O. The zero-order valence-corrected chi connectivity index (χ0v) is 10.6. The Morgan fingerprint density at radius 3 is 2.65 bits per heavy atom. The summed E-state index contributed by atoms with van der Waals surface area (Å²) in [7, 11) is 1.79. The summed E-state index contributed by atoms with van der Waals surface area (Å²) in [6.07, 6.45) is 0. The van der Waals surface area contributed by atoms with Crippen LogP contribution in [0, 0.1) is 0 Å². The molecule has 0 radical (unpaired) electrons. The molecule has 2 aromatic rings. The van der Waals surface area contributed by atoms with Crippen molar-refractivity contribution in [1.29, 1.82) is 0 Å². The van der Waals surface area contributed by atoms with Crippen molar-refractivity contribution < 1.29 is 4.74 Å². The molecular weight excluding hydrogens is 259 g/mol. The Morgan fingerprint density at radius 2 is 1.88 bits per heavy atom. The van der Waals surface area contributed by atoms with Gasteiger partial charge in [-0.2, -0.15) is 4.98 Å². The van der Waals surface area contributed by atoms with Gasteiger partial charge in [-0.05, 0) is 18.2 Å². The quantitative estimate of drug-likeness (QED) is 0.905. The molecule has 1 aromatic carbocycles. The van der Waals surface area contributed by atoms with E-state index in [-0.39, 0.29) is 0 Å². The first kappa shape index (κ1) is 12.0. The minimum atomic E-state index is 0.380. The Morgan fingerprint density at radius 1 is 1.12 bits per heavy atom. The molecule has 2 rings (SSSR count). The van der Waals surface area contributed by atoms with Gasteiger partial charge in [0.1, 0.15) is 16.6 Å². The monoisotopic (exact) mass is 268 g/mol. The van der Waals surface area contributed by atoms with Crippen LogP contribution < -0.4 is 10.1 Å². The van der Waals surface area contributed by atoms with Gasteiger partial charge in [-0.1, -0.05) is 35.3 Å². The van der Waals surface area contributed by atoms with E-state index in [1.165, 1.54) is 0 Å². The molecule has 5 heteroatoms. The van der Waals surface area contributed by atoms with Crippen LogP contribution in [0.4, 0.5) is 5.82 Å².